The van der Waals surface area contributed by atoms with E-state index in [1.54, 1.807) is 0 Å². The fraction of sp³-hybridized carbons (Fsp3) is 0.889. The van der Waals surface area contributed by atoms with E-state index in [0.717, 1.165) is 6.54 Å². The minimum atomic E-state index is -2.45. The number of rotatable bonds is 9. The van der Waals surface area contributed by atoms with E-state index in [0.29, 0.717) is 13.0 Å². The Kier molecular flexibility index (Phi) is 9.30. The van der Waals surface area contributed by atoms with Gasteiger partial charge in [0.25, 0.3) is 6.43 Å². The van der Waals surface area contributed by atoms with Crippen LogP contribution in [0.1, 0.15) is 13.3 Å². The zero-order valence-corrected chi connectivity index (χ0v) is 8.89. The molecule has 0 aliphatic rings. The van der Waals surface area contributed by atoms with Crippen LogP contribution in [0.15, 0.2) is 0 Å². The fourth-order valence-electron chi connectivity index (χ4n) is 0.902. The van der Waals surface area contributed by atoms with Gasteiger partial charge in [-0.2, -0.15) is 0 Å². The van der Waals surface area contributed by atoms with Gasteiger partial charge in [-0.05, 0) is 6.54 Å². The van der Waals surface area contributed by atoms with Gasteiger partial charge in [0, 0.05) is 19.5 Å². The molecular weight excluding hydrogens is 206 g/mol. The summed E-state index contributed by atoms with van der Waals surface area (Å²) in [4.78, 5) is 11.1. The van der Waals surface area contributed by atoms with Crippen molar-refractivity contribution in [2.75, 3.05) is 32.8 Å². The monoisotopic (exact) mass is 224 g/mol. The first-order valence-electron chi connectivity index (χ1n) is 5.00. The van der Waals surface area contributed by atoms with Crippen LogP contribution in [0.4, 0.5) is 8.78 Å². The number of ether oxygens (including phenoxy) is 1. The summed E-state index contributed by atoms with van der Waals surface area (Å²) in [6.07, 6.45) is -2.06. The van der Waals surface area contributed by atoms with E-state index in [9.17, 15) is 13.6 Å². The molecule has 0 unspecified atom stereocenters. The lowest BCUT2D eigenvalue weighted by molar-refractivity contribution is -0.121. The van der Waals surface area contributed by atoms with Crippen molar-refractivity contribution in [1.82, 2.24) is 10.6 Å². The van der Waals surface area contributed by atoms with E-state index in [-0.39, 0.29) is 19.1 Å². The zero-order chi connectivity index (χ0) is 11.5. The van der Waals surface area contributed by atoms with Gasteiger partial charge in [-0.25, -0.2) is 8.78 Å². The molecule has 0 rings (SSSR count). The van der Waals surface area contributed by atoms with Crippen molar-refractivity contribution in [3.8, 4) is 0 Å². The van der Waals surface area contributed by atoms with E-state index in [4.69, 9.17) is 0 Å². The summed E-state index contributed by atoms with van der Waals surface area (Å²) in [6.45, 7) is 3.23. The molecule has 0 radical (unpaired) electrons. The maximum Gasteiger partial charge on any atom is 0.261 e. The summed E-state index contributed by atoms with van der Waals surface area (Å²) >= 11 is 0. The molecule has 0 aromatic heterocycles. The minimum Gasteiger partial charge on any atom is -0.374 e. The van der Waals surface area contributed by atoms with Crippen molar-refractivity contribution in [1.29, 1.82) is 0 Å². The maximum absolute atomic E-state index is 11.6. The molecule has 2 N–H and O–H groups in total. The van der Waals surface area contributed by atoms with Gasteiger partial charge in [-0.3, -0.25) is 4.79 Å². The molecule has 0 atom stereocenters. The van der Waals surface area contributed by atoms with Gasteiger partial charge in [0.2, 0.25) is 5.91 Å². The van der Waals surface area contributed by atoms with Gasteiger partial charge in [-0.15, -0.1) is 0 Å². The van der Waals surface area contributed by atoms with Crippen molar-refractivity contribution in [2.45, 2.75) is 19.8 Å². The third kappa shape index (κ3) is 11.2. The molecule has 15 heavy (non-hydrogen) atoms. The normalized spacial score (nSPS) is 10.7. The predicted octanol–water partition coefficient (Wildman–Crippen LogP) is 0.384. The first kappa shape index (κ1) is 14.2. The molecule has 90 valence electrons. The number of nitrogens with one attached hydrogen (secondary N) is 2. The fourth-order valence-corrected chi connectivity index (χ4v) is 0.902. The van der Waals surface area contributed by atoms with E-state index < -0.39 is 13.0 Å². The lowest BCUT2D eigenvalue weighted by Crippen LogP contribution is -2.30. The second-order valence-corrected chi connectivity index (χ2v) is 2.92. The molecule has 4 nitrogen and oxygen atoms in total. The molecule has 0 aromatic rings. The Morgan fingerprint density at radius 1 is 1.40 bits per heavy atom. The van der Waals surface area contributed by atoms with E-state index in [2.05, 4.69) is 15.4 Å². The van der Waals surface area contributed by atoms with Crippen LogP contribution < -0.4 is 10.6 Å². The first-order chi connectivity index (χ1) is 7.16. The highest BCUT2D eigenvalue weighted by molar-refractivity contribution is 5.75. The van der Waals surface area contributed by atoms with Crippen LogP contribution >= 0.6 is 0 Å². The van der Waals surface area contributed by atoms with Gasteiger partial charge in [-0.1, -0.05) is 6.92 Å². The van der Waals surface area contributed by atoms with Crippen LogP contribution in [-0.2, 0) is 9.53 Å². The molecule has 0 spiro atoms. The standard InChI is InChI=1S/C9H18F2N2O2/c1-2-12-4-3-9(14)13-5-6-15-7-8(10)11/h8,12H,2-7H2,1H3,(H,13,14). The Morgan fingerprint density at radius 2 is 2.13 bits per heavy atom. The number of carbonyl (C=O) groups excluding carboxylic acids is 1. The molecule has 0 saturated heterocycles. The Balaban J connectivity index is 3.17. The topological polar surface area (TPSA) is 50.4 Å². The second kappa shape index (κ2) is 9.79. The second-order valence-electron chi connectivity index (χ2n) is 2.92. The molecule has 0 heterocycles. The maximum atomic E-state index is 11.6. The number of hydrogen-bond donors (Lipinski definition) is 2. The molecule has 0 saturated carbocycles. The van der Waals surface area contributed by atoms with Crippen molar-refractivity contribution in [3.05, 3.63) is 0 Å². The predicted molar refractivity (Wildman–Crippen MR) is 53.0 cm³/mol. The lowest BCUT2D eigenvalue weighted by Gasteiger charge is -2.06. The molecule has 0 fully saturated rings. The van der Waals surface area contributed by atoms with Crippen LogP contribution in [-0.4, -0.2) is 45.2 Å². The average molecular weight is 224 g/mol. The molecule has 0 aliphatic carbocycles. The van der Waals surface area contributed by atoms with Crippen molar-refractivity contribution in [3.63, 3.8) is 0 Å². The zero-order valence-electron chi connectivity index (χ0n) is 8.89. The van der Waals surface area contributed by atoms with Crippen LogP contribution in [0.25, 0.3) is 0 Å². The highest BCUT2D eigenvalue weighted by atomic mass is 19.3. The van der Waals surface area contributed by atoms with Crippen LogP contribution in [0.2, 0.25) is 0 Å². The van der Waals surface area contributed by atoms with Crippen molar-refractivity contribution in [2.24, 2.45) is 0 Å². The van der Waals surface area contributed by atoms with Crippen molar-refractivity contribution >= 4 is 5.91 Å². The summed E-state index contributed by atoms with van der Waals surface area (Å²) in [5.74, 6) is -0.100. The molecule has 0 aromatic carbocycles. The summed E-state index contributed by atoms with van der Waals surface area (Å²) in [7, 11) is 0. The lowest BCUT2D eigenvalue weighted by atomic mass is 10.4. The summed E-state index contributed by atoms with van der Waals surface area (Å²) < 4.78 is 27.8. The van der Waals surface area contributed by atoms with Crippen molar-refractivity contribution < 1.29 is 18.3 Å². The summed E-state index contributed by atoms with van der Waals surface area (Å²) in [5.41, 5.74) is 0. The van der Waals surface area contributed by atoms with E-state index in [1.165, 1.54) is 0 Å². The number of amides is 1. The van der Waals surface area contributed by atoms with E-state index in [1.807, 2.05) is 6.92 Å². The third-order valence-corrected chi connectivity index (χ3v) is 1.59. The van der Waals surface area contributed by atoms with Gasteiger partial charge in [0.1, 0.15) is 6.61 Å². The van der Waals surface area contributed by atoms with Gasteiger partial charge in [0.05, 0.1) is 6.61 Å². The quantitative estimate of drug-likeness (QED) is 0.557. The van der Waals surface area contributed by atoms with Crippen LogP contribution in [0.5, 0.6) is 0 Å². The Morgan fingerprint density at radius 3 is 2.73 bits per heavy atom. The van der Waals surface area contributed by atoms with Crippen LogP contribution in [0.3, 0.4) is 0 Å². The molecule has 1 amide bonds. The SMILES string of the molecule is CCNCCC(=O)NCCOCC(F)F. The smallest absolute Gasteiger partial charge is 0.261 e. The number of halogens is 2. The highest BCUT2D eigenvalue weighted by Gasteiger charge is 2.02. The largest absolute Gasteiger partial charge is 0.374 e. The third-order valence-electron chi connectivity index (χ3n) is 1.59. The van der Waals surface area contributed by atoms with Crippen LogP contribution in [0, 0.1) is 0 Å². The molecule has 0 aliphatic heterocycles. The summed E-state index contributed by atoms with van der Waals surface area (Å²) in [6, 6.07) is 0. The summed E-state index contributed by atoms with van der Waals surface area (Å²) in [5, 5.41) is 5.57. The van der Waals surface area contributed by atoms with Gasteiger partial charge in [0.15, 0.2) is 0 Å². The molecule has 0 bridgehead atoms. The first-order valence-corrected chi connectivity index (χ1v) is 5.00. The molecule has 6 heteroatoms. The minimum absolute atomic E-state index is 0.100. The van der Waals surface area contributed by atoms with Gasteiger partial charge >= 0.3 is 0 Å². The van der Waals surface area contributed by atoms with E-state index >= 15 is 0 Å². The van der Waals surface area contributed by atoms with Gasteiger partial charge < -0.3 is 15.4 Å². The Labute approximate surface area is 88.4 Å². The highest BCUT2D eigenvalue weighted by Crippen LogP contribution is 1.91. The number of hydrogen-bond acceptors (Lipinski definition) is 3. The number of alkyl halides is 2. The average Bonchev–Trinajstić information content (AvgIpc) is 2.17. The number of carbonyl (C=O) groups is 1. The Bertz CT molecular complexity index is 168. The molecular formula is C9H18F2N2O2. The Hall–Kier alpha value is -0.750.